The number of carboxylic acids is 1. The summed E-state index contributed by atoms with van der Waals surface area (Å²) in [6.45, 7) is 4.40. The number of carbonyl (C=O) groups excluding carboxylic acids is 1. The number of aliphatic carboxylic acids is 1. The summed E-state index contributed by atoms with van der Waals surface area (Å²) in [7, 11) is 4.42. The van der Waals surface area contributed by atoms with Crippen LogP contribution >= 0.6 is 0 Å². The van der Waals surface area contributed by atoms with Gasteiger partial charge in [0.15, 0.2) is 0 Å². The molecule has 0 atom stereocenters. The van der Waals surface area contributed by atoms with Crippen LogP contribution in [0.3, 0.4) is 0 Å². The van der Waals surface area contributed by atoms with E-state index in [1.807, 2.05) is 0 Å². The zero-order chi connectivity index (χ0) is 17.6. The molecule has 0 aliphatic heterocycles. The lowest BCUT2D eigenvalue weighted by atomic mass is 10.1. The average Bonchev–Trinajstić information content (AvgIpc) is 2.46. The van der Waals surface area contributed by atoms with Crippen LogP contribution in [0.4, 0.5) is 0 Å². The highest BCUT2D eigenvalue weighted by Crippen LogP contribution is 2.10. The van der Waals surface area contributed by atoms with Gasteiger partial charge < -0.3 is 14.3 Å². The van der Waals surface area contributed by atoms with Gasteiger partial charge in [0.25, 0.3) is 0 Å². The van der Waals surface area contributed by atoms with Crippen molar-refractivity contribution in [1.29, 1.82) is 0 Å². The monoisotopic (exact) mass is 328 g/mol. The quantitative estimate of drug-likeness (QED) is 0.230. The molecule has 0 spiro atoms. The van der Waals surface area contributed by atoms with E-state index in [1.165, 1.54) is 25.3 Å². The highest BCUT2D eigenvalue weighted by molar-refractivity contribution is 5.81. The molecule has 1 N–H and O–H groups in total. The molecule has 0 unspecified atom stereocenters. The van der Waals surface area contributed by atoms with Crippen molar-refractivity contribution in [3.8, 4) is 0 Å². The number of hydrogen-bond acceptors (Lipinski definition) is 3. The number of hydrogen-bond donors (Lipinski definition) is 1. The number of esters is 1. The third-order valence-corrected chi connectivity index (χ3v) is 3.86. The standard InChI is InChI=1S/C18H33NO4/c1-4-12-18(22)23-16-11-15-19(2,3)14-10-8-6-5-7-9-13-17(20)21/h4,12H,5-11,13-16H2,1-3H3/p+1. The van der Waals surface area contributed by atoms with Crippen LogP contribution in [-0.2, 0) is 14.3 Å². The molecule has 0 rings (SSSR count). The van der Waals surface area contributed by atoms with Gasteiger partial charge in [0.05, 0.1) is 33.8 Å². The molecule has 0 aliphatic rings. The average molecular weight is 328 g/mol. The molecule has 0 radical (unpaired) electrons. The van der Waals surface area contributed by atoms with Gasteiger partial charge in [-0.15, -0.1) is 0 Å². The lowest BCUT2D eigenvalue weighted by Crippen LogP contribution is -2.41. The molecular weight excluding hydrogens is 294 g/mol. The SMILES string of the molecule is CC=CC(=O)OCCC[N+](C)(C)CCCCCCCCC(=O)O. The number of carboxylic acid groups (broad SMARTS) is 1. The molecule has 0 saturated heterocycles. The van der Waals surface area contributed by atoms with E-state index < -0.39 is 5.97 Å². The third-order valence-electron chi connectivity index (χ3n) is 3.86. The summed E-state index contributed by atoms with van der Waals surface area (Å²) in [6, 6.07) is 0. The molecule has 0 aliphatic carbocycles. The Hall–Kier alpha value is -1.36. The first-order valence-electron chi connectivity index (χ1n) is 8.70. The van der Waals surface area contributed by atoms with E-state index in [1.54, 1.807) is 13.0 Å². The Labute approximate surface area is 140 Å². The molecule has 0 aromatic rings. The summed E-state index contributed by atoms with van der Waals surface area (Å²) in [5, 5.41) is 8.56. The van der Waals surface area contributed by atoms with Gasteiger partial charge in [0.2, 0.25) is 0 Å². The Morgan fingerprint density at radius 1 is 0.957 bits per heavy atom. The van der Waals surface area contributed by atoms with Gasteiger partial charge in [-0.1, -0.05) is 25.3 Å². The molecule has 134 valence electrons. The molecular formula is C18H34NO4+. The van der Waals surface area contributed by atoms with E-state index in [0.717, 1.165) is 43.3 Å². The van der Waals surface area contributed by atoms with Crippen LogP contribution in [0.2, 0.25) is 0 Å². The van der Waals surface area contributed by atoms with Gasteiger partial charge in [0.1, 0.15) is 0 Å². The van der Waals surface area contributed by atoms with E-state index in [4.69, 9.17) is 9.84 Å². The van der Waals surface area contributed by atoms with Crippen molar-refractivity contribution in [3.05, 3.63) is 12.2 Å². The highest BCUT2D eigenvalue weighted by atomic mass is 16.5. The van der Waals surface area contributed by atoms with Crippen LogP contribution in [0.25, 0.3) is 0 Å². The minimum atomic E-state index is -0.694. The Bertz CT molecular complexity index is 364. The number of unbranched alkanes of at least 4 members (excludes halogenated alkanes) is 5. The number of ether oxygens (including phenoxy) is 1. The van der Waals surface area contributed by atoms with Crippen molar-refractivity contribution in [2.45, 2.75) is 58.3 Å². The van der Waals surface area contributed by atoms with Gasteiger partial charge in [0, 0.05) is 18.9 Å². The summed E-state index contributed by atoms with van der Waals surface area (Å²) in [6.07, 6.45) is 10.8. The highest BCUT2D eigenvalue weighted by Gasteiger charge is 2.14. The number of rotatable bonds is 14. The Kier molecular flexibility index (Phi) is 12.3. The molecule has 0 saturated carbocycles. The van der Waals surface area contributed by atoms with Gasteiger partial charge in [-0.05, 0) is 26.2 Å². The number of quaternary nitrogens is 1. The van der Waals surface area contributed by atoms with E-state index in [0.29, 0.717) is 13.0 Å². The van der Waals surface area contributed by atoms with Crippen molar-refractivity contribution in [1.82, 2.24) is 0 Å². The molecule has 0 fully saturated rings. The molecule has 0 aromatic heterocycles. The fourth-order valence-corrected chi connectivity index (χ4v) is 2.48. The zero-order valence-corrected chi connectivity index (χ0v) is 15.1. The zero-order valence-electron chi connectivity index (χ0n) is 15.1. The van der Waals surface area contributed by atoms with Crippen LogP contribution in [0.1, 0.15) is 58.3 Å². The first-order chi connectivity index (χ1) is 10.9. The number of carbonyl (C=O) groups is 2. The van der Waals surface area contributed by atoms with Crippen molar-refractivity contribution >= 4 is 11.9 Å². The molecule has 5 nitrogen and oxygen atoms in total. The third kappa shape index (κ3) is 15.3. The van der Waals surface area contributed by atoms with Gasteiger partial charge in [-0.2, -0.15) is 0 Å². The summed E-state index contributed by atoms with van der Waals surface area (Å²) in [5.41, 5.74) is 0. The maximum atomic E-state index is 11.2. The molecule has 23 heavy (non-hydrogen) atoms. The molecule has 0 bridgehead atoms. The van der Waals surface area contributed by atoms with Crippen LogP contribution in [0.5, 0.6) is 0 Å². The summed E-state index contributed by atoms with van der Waals surface area (Å²) in [4.78, 5) is 21.6. The lowest BCUT2D eigenvalue weighted by Gasteiger charge is -2.29. The second-order valence-electron chi connectivity index (χ2n) is 6.67. The summed E-state index contributed by atoms with van der Waals surface area (Å²) >= 11 is 0. The van der Waals surface area contributed by atoms with Crippen LogP contribution in [0.15, 0.2) is 12.2 Å². The van der Waals surface area contributed by atoms with E-state index >= 15 is 0 Å². The van der Waals surface area contributed by atoms with Crippen molar-refractivity contribution in [2.75, 3.05) is 33.8 Å². The first-order valence-corrected chi connectivity index (χ1v) is 8.70. The van der Waals surface area contributed by atoms with Crippen molar-refractivity contribution < 1.29 is 23.9 Å². The second kappa shape index (κ2) is 13.1. The second-order valence-corrected chi connectivity index (χ2v) is 6.67. The largest absolute Gasteiger partial charge is 0.481 e. The Morgan fingerprint density at radius 3 is 2.13 bits per heavy atom. The van der Waals surface area contributed by atoms with Gasteiger partial charge in [-0.3, -0.25) is 4.79 Å². The van der Waals surface area contributed by atoms with E-state index in [9.17, 15) is 9.59 Å². The minimum absolute atomic E-state index is 0.263. The lowest BCUT2D eigenvalue weighted by molar-refractivity contribution is -0.890. The molecule has 0 heterocycles. The molecule has 0 amide bonds. The number of nitrogens with zero attached hydrogens (tertiary/aromatic N) is 1. The topological polar surface area (TPSA) is 63.6 Å². The number of allylic oxidation sites excluding steroid dienone is 1. The maximum Gasteiger partial charge on any atom is 0.330 e. The predicted octanol–water partition coefficient (Wildman–Crippen LogP) is 3.39. The molecule has 0 aromatic carbocycles. The maximum absolute atomic E-state index is 11.2. The van der Waals surface area contributed by atoms with E-state index in [-0.39, 0.29) is 5.97 Å². The Balaban J connectivity index is 3.53. The van der Waals surface area contributed by atoms with Gasteiger partial charge >= 0.3 is 11.9 Å². The summed E-state index contributed by atoms with van der Waals surface area (Å²) in [5.74, 6) is -0.957. The van der Waals surface area contributed by atoms with Crippen LogP contribution in [-0.4, -0.2) is 55.3 Å². The normalized spacial score (nSPS) is 11.8. The fraction of sp³-hybridized carbons (Fsp3) is 0.778. The molecule has 5 heteroatoms. The van der Waals surface area contributed by atoms with E-state index in [2.05, 4.69) is 14.1 Å². The van der Waals surface area contributed by atoms with Crippen molar-refractivity contribution in [3.63, 3.8) is 0 Å². The minimum Gasteiger partial charge on any atom is -0.481 e. The van der Waals surface area contributed by atoms with Crippen molar-refractivity contribution in [2.24, 2.45) is 0 Å². The predicted molar refractivity (Wildman–Crippen MR) is 92.2 cm³/mol. The summed E-state index contributed by atoms with van der Waals surface area (Å²) < 4.78 is 6.04. The van der Waals surface area contributed by atoms with Crippen LogP contribution < -0.4 is 0 Å². The first kappa shape index (κ1) is 21.6. The fourth-order valence-electron chi connectivity index (χ4n) is 2.48. The van der Waals surface area contributed by atoms with Crippen LogP contribution in [0, 0.1) is 0 Å². The van der Waals surface area contributed by atoms with Gasteiger partial charge in [-0.25, -0.2) is 4.79 Å². The smallest absolute Gasteiger partial charge is 0.330 e. The Morgan fingerprint density at radius 2 is 1.52 bits per heavy atom.